The number of fused-ring (bicyclic) bond motifs is 8. The van der Waals surface area contributed by atoms with Crippen LogP contribution < -0.4 is 4.90 Å². The zero-order valence-electron chi connectivity index (χ0n) is 26.6. The molecule has 10 aromatic rings. The van der Waals surface area contributed by atoms with Crippen LogP contribution in [0.15, 0.2) is 186 Å². The third-order valence-electron chi connectivity index (χ3n) is 9.76. The highest BCUT2D eigenvalue weighted by atomic mass is 16.3. The molecule has 0 aliphatic carbocycles. The van der Waals surface area contributed by atoms with Crippen molar-refractivity contribution in [2.75, 3.05) is 4.90 Å². The number of furan rings is 1. The van der Waals surface area contributed by atoms with E-state index >= 15 is 0 Å². The van der Waals surface area contributed by atoms with Crippen LogP contribution in [0.3, 0.4) is 0 Å². The molecular formula is C46H30N2O. The summed E-state index contributed by atoms with van der Waals surface area (Å²) in [6.45, 7) is 0. The molecule has 10 rings (SSSR count). The van der Waals surface area contributed by atoms with Crippen molar-refractivity contribution >= 4 is 71.6 Å². The number of hydrogen-bond acceptors (Lipinski definition) is 2. The van der Waals surface area contributed by atoms with Gasteiger partial charge >= 0.3 is 0 Å². The van der Waals surface area contributed by atoms with Gasteiger partial charge in [0.1, 0.15) is 11.2 Å². The van der Waals surface area contributed by atoms with Gasteiger partial charge in [0.05, 0.1) is 11.0 Å². The molecule has 8 aromatic carbocycles. The molecule has 2 aromatic heterocycles. The van der Waals surface area contributed by atoms with E-state index in [0.29, 0.717) is 0 Å². The van der Waals surface area contributed by atoms with Crippen LogP contribution in [0, 0.1) is 0 Å². The van der Waals surface area contributed by atoms with Gasteiger partial charge in [-0.2, -0.15) is 0 Å². The third kappa shape index (κ3) is 4.44. The minimum atomic E-state index is 0.907. The molecular weight excluding hydrogens is 597 g/mol. The van der Waals surface area contributed by atoms with Crippen molar-refractivity contribution in [1.29, 1.82) is 0 Å². The average Bonchev–Trinajstić information content (AvgIpc) is 3.72. The Labute approximate surface area is 283 Å². The van der Waals surface area contributed by atoms with Gasteiger partial charge in [0.25, 0.3) is 0 Å². The van der Waals surface area contributed by atoms with Crippen molar-refractivity contribution in [3.63, 3.8) is 0 Å². The zero-order valence-corrected chi connectivity index (χ0v) is 26.6. The second kappa shape index (κ2) is 11.0. The topological polar surface area (TPSA) is 21.3 Å². The predicted molar refractivity (Wildman–Crippen MR) is 206 cm³/mol. The summed E-state index contributed by atoms with van der Waals surface area (Å²) in [5, 5.41) is 7.22. The number of benzene rings is 8. The van der Waals surface area contributed by atoms with E-state index in [1.165, 1.54) is 32.6 Å². The number of rotatable bonds is 5. The molecule has 2 heterocycles. The van der Waals surface area contributed by atoms with Crippen LogP contribution >= 0.6 is 0 Å². The van der Waals surface area contributed by atoms with Crippen LogP contribution in [0.1, 0.15) is 0 Å². The SMILES string of the molecule is c1ccc(N(c2ccc(-c3ccc4c(c3)oc3ccccc34)cc2)c2ccc3ccc4c5ccccc5n(-c5ccccc5)c4c3c2)cc1. The van der Waals surface area contributed by atoms with Crippen molar-refractivity contribution < 1.29 is 4.42 Å². The molecule has 230 valence electrons. The Morgan fingerprint density at radius 3 is 1.84 bits per heavy atom. The summed E-state index contributed by atoms with van der Waals surface area (Å²) in [7, 11) is 0. The first-order valence-corrected chi connectivity index (χ1v) is 16.7. The van der Waals surface area contributed by atoms with E-state index in [0.717, 1.165) is 55.8 Å². The van der Waals surface area contributed by atoms with E-state index in [2.05, 4.69) is 179 Å². The van der Waals surface area contributed by atoms with Crippen LogP contribution in [-0.4, -0.2) is 4.57 Å². The highest BCUT2D eigenvalue weighted by Gasteiger charge is 2.18. The van der Waals surface area contributed by atoms with Crippen molar-refractivity contribution in [3.8, 4) is 16.8 Å². The van der Waals surface area contributed by atoms with Crippen LogP contribution in [0.25, 0.3) is 71.3 Å². The smallest absolute Gasteiger partial charge is 0.136 e. The quantitative estimate of drug-likeness (QED) is 0.190. The first-order valence-electron chi connectivity index (χ1n) is 16.7. The number of nitrogens with zero attached hydrogens (tertiary/aromatic N) is 2. The third-order valence-corrected chi connectivity index (χ3v) is 9.76. The molecule has 0 N–H and O–H groups in total. The van der Waals surface area contributed by atoms with Gasteiger partial charge in [0.2, 0.25) is 0 Å². The highest BCUT2D eigenvalue weighted by molar-refractivity contribution is 6.19. The summed E-state index contributed by atoms with van der Waals surface area (Å²) in [6.07, 6.45) is 0. The van der Waals surface area contributed by atoms with E-state index in [1.54, 1.807) is 0 Å². The maximum Gasteiger partial charge on any atom is 0.136 e. The fraction of sp³-hybridized carbons (Fsp3) is 0. The van der Waals surface area contributed by atoms with Crippen LogP contribution in [-0.2, 0) is 0 Å². The molecule has 0 saturated carbocycles. The van der Waals surface area contributed by atoms with Crippen molar-refractivity contribution in [1.82, 2.24) is 4.57 Å². The van der Waals surface area contributed by atoms with Gasteiger partial charge in [-0.3, -0.25) is 0 Å². The molecule has 3 heteroatoms. The lowest BCUT2D eigenvalue weighted by molar-refractivity contribution is 0.669. The van der Waals surface area contributed by atoms with E-state index in [1.807, 2.05) is 12.1 Å². The number of hydrogen-bond donors (Lipinski definition) is 0. The molecule has 0 spiro atoms. The summed E-state index contributed by atoms with van der Waals surface area (Å²) in [5.41, 5.74) is 11.0. The van der Waals surface area contributed by atoms with Gasteiger partial charge in [0, 0.05) is 49.7 Å². The molecule has 49 heavy (non-hydrogen) atoms. The lowest BCUT2D eigenvalue weighted by Gasteiger charge is -2.26. The monoisotopic (exact) mass is 626 g/mol. The minimum absolute atomic E-state index is 0.907. The van der Waals surface area contributed by atoms with E-state index < -0.39 is 0 Å². The molecule has 0 aliphatic heterocycles. The van der Waals surface area contributed by atoms with Gasteiger partial charge in [-0.05, 0) is 89.3 Å². The molecule has 0 bridgehead atoms. The molecule has 0 unspecified atom stereocenters. The maximum atomic E-state index is 6.20. The summed E-state index contributed by atoms with van der Waals surface area (Å²) in [6, 6.07) is 65.0. The zero-order chi connectivity index (χ0) is 32.3. The Hall–Kier alpha value is -6.58. The molecule has 0 fully saturated rings. The maximum absolute atomic E-state index is 6.20. The Morgan fingerprint density at radius 1 is 0.388 bits per heavy atom. The Morgan fingerprint density at radius 2 is 1.00 bits per heavy atom. The second-order valence-electron chi connectivity index (χ2n) is 12.6. The summed E-state index contributed by atoms with van der Waals surface area (Å²) in [4.78, 5) is 2.35. The summed E-state index contributed by atoms with van der Waals surface area (Å²) < 4.78 is 8.62. The molecule has 0 saturated heterocycles. The predicted octanol–water partition coefficient (Wildman–Crippen LogP) is 13.0. The van der Waals surface area contributed by atoms with E-state index in [-0.39, 0.29) is 0 Å². The number of aromatic nitrogens is 1. The highest BCUT2D eigenvalue weighted by Crippen LogP contribution is 2.41. The Kier molecular flexibility index (Phi) is 6.18. The van der Waals surface area contributed by atoms with Crippen LogP contribution in [0.4, 0.5) is 17.1 Å². The first kappa shape index (κ1) is 27.5. The lowest BCUT2D eigenvalue weighted by atomic mass is 10.0. The average molecular weight is 627 g/mol. The van der Waals surface area contributed by atoms with Crippen molar-refractivity contribution in [2.45, 2.75) is 0 Å². The Balaban J connectivity index is 1.13. The van der Waals surface area contributed by atoms with Gasteiger partial charge in [0.15, 0.2) is 0 Å². The largest absolute Gasteiger partial charge is 0.456 e. The molecule has 3 nitrogen and oxygen atoms in total. The lowest BCUT2D eigenvalue weighted by Crippen LogP contribution is -2.09. The fourth-order valence-corrected chi connectivity index (χ4v) is 7.48. The standard InChI is InChI=1S/C46H30N2O/c1-3-11-34(12-4-1)47(36-24-19-31(20-25-36)33-23-27-40-39-16-8-10-18-44(39)49-45(40)29-33)37-26-21-32-22-28-41-38-15-7-9-17-43(38)48(46(41)42(32)30-37)35-13-5-2-6-14-35/h1-30H. The minimum Gasteiger partial charge on any atom is -0.456 e. The molecule has 0 atom stereocenters. The fourth-order valence-electron chi connectivity index (χ4n) is 7.48. The number of para-hydroxylation sites is 4. The second-order valence-corrected chi connectivity index (χ2v) is 12.6. The number of anilines is 3. The summed E-state index contributed by atoms with van der Waals surface area (Å²) >= 11 is 0. The molecule has 0 radical (unpaired) electrons. The normalized spacial score (nSPS) is 11.7. The van der Waals surface area contributed by atoms with Gasteiger partial charge < -0.3 is 13.9 Å². The van der Waals surface area contributed by atoms with Crippen LogP contribution in [0.5, 0.6) is 0 Å². The molecule has 0 aliphatic rings. The van der Waals surface area contributed by atoms with Gasteiger partial charge in [-0.15, -0.1) is 0 Å². The van der Waals surface area contributed by atoms with Crippen molar-refractivity contribution in [3.05, 3.63) is 182 Å². The van der Waals surface area contributed by atoms with E-state index in [9.17, 15) is 0 Å². The summed E-state index contributed by atoms with van der Waals surface area (Å²) in [5.74, 6) is 0. The van der Waals surface area contributed by atoms with Gasteiger partial charge in [-0.1, -0.05) is 109 Å². The van der Waals surface area contributed by atoms with Crippen molar-refractivity contribution in [2.24, 2.45) is 0 Å². The first-order chi connectivity index (χ1) is 24.3. The Bertz CT molecular complexity index is 2810. The van der Waals surface area contributed by atoms with E-state index in [4.69, 9.17) is 4.42 Å². The van der Waals surface area contributed by atoms with Crippen LogP contribution in [0.2, 0.25) is 0 Å². The molecule has 0 amide bonds. The van der Waals surface area contributed by atoms with Gasteiger partial charge in [-0.25, -0.2) is 0 Å².